The van der Waals surface area contributed by atoms with Gasteiger partial charge in [0.05, 0.1) is 0 Å². The third-order valence-electron chi connectivity index (χ3n) is 3.45. The summed E-state index contributed by atoms with van der Waals surface area (Å²) in [6, 6.07) is 7.06. The Bertz CT molecular complexity index is 386. The van der Waals surface area contributed by atoms with Crippen LogP contribution in [0.2, 0.25) is 0 Å². The van der Waals surface area contributed by atoms with Crippen molar-refractivity contribution in [1.82, 2.24) is 5.32 Å². The molecule has 94 valence electrons. The van der Waals surface area contributed by atoms with E-state index in [0.29, 0.717) is 0 Å². The van der Waals surface area contributed by atoms with Gasteiger partial charge >= 0.3 is 0 Å². The zero-order valence-electron chi connectivity index (χ0n) is 11.0. The summed E-state index contributed by atoms with van der Waals surface area (Å²) in [4.78, 5) is 0. The molecule has 1 unspecified atom stereocenters. The SMILES string of the molecule is CC(C)(C)CC1(c2cccc(F)c2)CCCN1. The molecule has 0 bridgehead atoms. The van der Waals surface area contributed by atoms with E-state index in [1.165, 1.54) is 12.5 Å². The Morgan fingerprint density at radius 1 is 1.35 bits per heavy atom. The quantitative estimate of drug-likeness (QED) is 0.821. The van der Waals surface area contributed by atoms with Gasteiger partial charge in [0.2, 0.25) is 0 Å². The summed E-state index contributed by atoms with van der Waals surface area (Å²) in [7, 11) is 0. The minimum Gasteiger partial charge on any atom is -0.307 e. The summed E-state index contributed by atoms with van der Waals surface area (Å²) in [5, 5.41) is 3.60. The molecule has 1 nitrogen and oxygen atoms in total. The molecule has 0 spiro atoms. The minimum absolute atomic E-state index is 0.0274. The molecule has 1 aromatic carbocycles. The van der Waals surface area contributed by atoms with Gasteiger partial charge in [0.1, 0.15) is 5.82 Å². The van der Waals surface area contributed by atoms with E-state index >= 15 is 0 Å². The first-order valence-corrected chi connectivity index (χ1v) is 6.42. The zero-order chi connectivity index (χ0) is 12.5. The van der Waals surface area contributed by atoms with Crippen LogP contribution in [0.25, 0.3) is 0 Å². The molecule has 1 atom stereocenters. The molecule has 0 aliphatic carbocycles. The maximum absolute atomic E-state index is 13.4. The van der Waals surface area contributed by atoms with Crippen molar-refractivity contribution in [3.05, 3.63) is 35.6 Å². The van der Waals surface area contributed by atoms with Gasteiger partial charge in [-0.1, -0.05) is 32.9 Å². The van der Waals surface area contributed by atoms with Gasteiger partial charge in [-0.3, -0.25) is 0 Å². The number of nitrogens with one attached hydrogen (secondary N) is 1. The predicted molar refractivity (Wildman–Crippen MR) is 69.4 cm³/mol. The largest absolute Gasteiger partial charge is 0.307 e. The van der Waals surface area contributed by atoms with Gasteiger partial charge in [0.15, 0.2) is 0 Å². The molecule has 1 aliphatic rings. The van der Waals surface area contributed by atoms with Crippen LogP contribution in [0.3, 0.4) is 0 Å². The monoisotopic (exact) mass is 235 g/mol. The third-order valence-corrected chi connectivity index (χ3v) is 3.45. The van der Waals surface area contributed by atoms with Gasteiger partial charge in [-0.05, 0) is 48.9 Å². The lowest BCUT2D eigenvalue weighted by atomic mass is 9.75. The first-order chi connectivity index (χ1) is 7.91. The summed E-state index contributed by atoms with van der Waals surface area (Å²) >= 11 is 0. The van der Waals surface area contributed by atoms with Crippen molar-refractivity contribution in [3.8, 4) is 0 Å². The molecular weight excluding hydrogens is 213 g/mol. The number of hydrogen-bond acceptors (Lipinski definition) is 1. The molecule has 1 N–H and O–H groups in total. The number of rotatable bonds is 2. The van der Waals surface area contributed by atoms with Crippen molar-refractivity contribution in [2.45, 2.75) is 45.6 Å². The minimum atomic E-state index is -0.135. The molecule has 0 saturated carbocycles. The molecular formula is C15H22FN. The lowest BCUT2D eigenvalue weighted by Gasteiger charge is -2.36. The van der Waals surface area contributed by atoms with Crippen molar-refractivity contribution in [3.63, 3.8) is 0 Å². The molecule has 0 amide bonds. The standard InChI is InChI=1S/C15H22FN/c1-14(2,3)11-15(8-5-9-17-15)12-6-4-7-13(16)10-12/h4,6-7,10,17H,5,8-9,11H2,1-3H3. The van der Waals surface area contributed by atoms with Crippen molar-refractivity contribution < 1.29 is 4.39 Å². The Balaban J connectivity index is 2.34. The van der Waals surface area contributed by atoms with Crippen LogP contribution in [-0.2, 0) is 5.54 Å². The molecule has 1 aromatic rings. The fourth-order valence-electron chi connectivity index (χ4n) is 3.00. The Kier molecular flexibility index (Phi) is 3.26. The highest BCUT2D eigenvalue weighted by atomic mass is 19.1. The average molecular weight is 235 g/mol. The molecule has 0 aromatic heterocycles. The van der Waals surface area contributed by atoms with E-state index in [4.69, 9.17) is 0 Å². The Morgan fingerprint density at radius 2 is 2.12 bits per heavy atom. The van der Waals surface area contributed by atoms with E-state index in [2.05, 4.69) is 26.1 Å². The Labute approximate surface area is 103 Å². The Hall–Kier alpha value is -0.890. The van der Waals surface area contributed by atoms with Gasteiger partial charge < -0.3 is 5.32 Å². The van der Waals surface area contributed by atoms with Crippen molar-refractivity contribution in [1.29, 1.82) is 0 Å². The van der Waals surface area contributed by atoms with Crippen molar-refractivity contribution in [2.24, 2.45) is 5.41 Å². The second-order valence-corrected chi connectivity index (χ2v) is 6.36. The van der Waals surface area contributed by atoms with Crippen LogP contribution in [0.4, 0.5) is 4.39 Å². The fourth-order valence-corrected chi connectivity index (χ4v) is 3.00. The second-order valence-electron chi connectivity index (χ2n) is 6.36. The molecule has 1 aliphatic heterocycles. The number of hydrogen-bond donors (Lipinski definition) is 1. The molecule has 1 fully saturated rings. The lowest BCUT2D eigenvalue weighted by Crippen LogP contribution is -2.40. The smallest absolute Gasteiger partial charge is 0.123 e. The van der Waals surface area contributed by atoms with Gasteiger partial charge in [-0.15, -0.1) is 0 Å². The van der Waals surface area contributed by atoms with Crippen LogP contribution < -0.4 is 5.32 Å². The van der Waals surface area contributed by atoms with E-state index in [-0.39, 0.29) is 16.8 Å². The first kappa shape index (κ1) is 12.6. The molecule has 1 saturated heterocycles. The molecule has 0 radical (unpaired) electrons. The fraction of sp³-hybridized carbons (Fsp3) is 0.600. The van der Waals surface area contributed by atoms with E-state index in [9.17, 15) is 4.39 Å². The molecule has 2 rings (SSSR count). The maximum atomic E-state index is 13.4. The highest BCUT2D eigenvalue weighted by Gasteiger charge is 2.38. The van der Waals surface area contributed by atoms with E-state index < -0.39 is 0 Å². The number of halogens is 1. The summed E-state index contributed by atoms with van der Waals surface area (Å²) in [5.41, 5.74) is 1.31. The van der Waals surface area contributed by atoms with Crippen LogP contribution in [-0.4, -0.2) is 6.54 Å². The third kappa shape index (κ3) is 2.86. The van der Waals surface area contributed by atoms with Gasteiger partial charge in [-0.2, -0.15) is 0 Å². The molecule has 1 heterocycles. The second kappa shape index (κ2) is 4.41. The van der Waals surface area contributed by atoms with Gasteiger partial charge in [-0.25, -0.2) is 4.39 Å². The summed E-state index contributed by atoms with van der Waals surface area (Å²) in [6.07, 6.45) is 3.32. The normalized spacial score (nSPS) is 25.2. The maximum Gasteiger partial charge on any atom is 0.123 e. The van der Waals surface area contributed by atoms with Gasteiger partial charge in [0, 0.05) is 5.54 Å². The van der Waals surface area contributed by atoms with E-state index in [0.717, 1.165) is 24.9 Å². The van der Waals surface area contributed by atoms with Crippen molar-refractivity contribution in [2.75, 3.05) is 6.54 Å². The zero-order valence-corrected chi connectivity index (χ0v) is 11.0. The highest BCUT2D eigenvalue weighted by molar-refractivity contribution is 5.27. The van der Waals surface area contributed by atoms with Crippen molar-refractivity contribution >= 4 is 0 Å². The van der Waals surface area contributed by atoms with Crippen LogP contribution in [0.5, 0.6) is 0 Å². The predicted octanol–water partition coefficient (Wildman–Crippen LogP) is 3.84. The van der Waals surface area contributed by atoms with Crippen LogP contribution >= 0.6 is 0 Å². The summed E-state index contributed by atoms with van der Waals surface area (Å²) < 4.78 is 13.4. The van der Waals surface area contributed by atoms with E-state index in [1.807, 2.05) is 12.1 Å². The lowest BCUT2D eigenvalue weighted by molar-refractivity contribution is 0.232. The molecule has 17 heavy (non-hydrogen) atoms. The summed E-state index contributed by atoms with van der Waals surface area (Å²) in [5.74, 6) is -0.135. The topological polar surface area (TPSA) is 12.0 Å². The van der Waals surface area contributed by atoms with Crippen LogP contribution in [0.1, 0.15) is 45.6 Å². The number of benzene rings is 1. The summed E-state index contributed by atoms with van der Waals surface area (Å²) in [6.45, 7) is 7.77. The van der Waals surface area contributed by atoms with Crippen LogP contribution in [0.15, 0.2) is 24.3 Å². The first-order valence-electron chi connectivity index (χ1n) is 6.42. The van der Waals surface area contributed by atoms with Gasteiger partial charge in [0.25, 0.3) is 0 Å². The Morgan fingerprint density at radius 3 is 2.65 bits per heavy atom. The van der Waals surface area contributed by atoms with E-state index in [1.54, 1.807) is 6.07 Å². The molecule has 2 heteroatoms. The highest BCUT2D eigenvalue weighted by Crippen LogP contribution is 2.40. The van der Waals surface area contributed by atoms with Crippen LogP contribution in [0, 0.1) is 11.2 Å². The average Bonchev–Trinajstić information content (AvgIpc) is 2.65.